The summed E-state index contributed by atoms with van der Waals surface area (Å²) < 4.78 is 0. The van der Waals surface area contributed by atoms with E-state index >= 15 is 0 Å². The van der Waals surface area contributed by atoms with Crippen LogP contribution < -0.4 is 5.73 Å². The second-order valence-electron chi connectivity index (χ2n) is 4.65. The highest BCUT2D eigenvalue weighted by atomic mass is 14.7. The fraction of sp³-hybridized carbons (Fsp3) is 0.909. The van der Waals surface area contributed by atoms with E-state index in [2.05, 4.69) is 0 Å². The van der Waals surface area contributed by atoms with Gasteiger partial charge in [0.1, 0.15) is 0 Å². The van der Waals surface area contributed by atoms with Crippen molar-refractivity contribution in [2.24, 2.45) is 17.6 Å². The fourth-order valence-electron chi connectivity index (χ4n) is 2.41. The lowest BCUT2D eigenvalue weighted by atomic mass is 9.81. The Balaban J connectivity index is 1.86. The van der Waals surface area contributed by atoms with E-state index in [1.165, 1.54) is 44.9 Å². The van der Waals surface area contributed by atoms with Crippen LogP contribution in [0.1, 0.15) is 44.9 Å². The lowest BCUT2D eigenvalue weighted by molar-refractivity contribution is 0.339. The van der Waals surface area contributed by atoms with Crippen molar-refractivity contribution in [3.63, 3.8) is 0 Å². The third kappa shape index (κ3) is 2.11. The standard InChI is InChI=1S/C11H20N2/c12-10(11(13)9-6-7-9)8-4-2-1-3-5-8/h8-10,13H,1-7,12H2. The van der Waals surface area contributed by atoms with E-state index in [9.17, 15) is 0 Å². The molecule has 0 saturated heterocycles. The molecule has 0 spiro atoms. The summed E-state index contributed by atoms with van der Waals surface area (Å²) in [5.41, 5.74) is 6.96. The number of hydrogen-bond donors (Lipinski definition) is 2. The lowest BCUT2D eigenvalue weighted by Gasteiger charge is -2.27. The van der Waals surface area contributed by atoms with Gasteiger partial charge in [0, 0.05) is 11.8 Å². The Morgan fingerprint density at radius 1 is 1.08 bits per heavy atom. The number of nitrogens with one attached hydrogen (secondary N) is 1. The molecule has 0 bridgehead atoms. The summed E-state index contributed by atoms with van der Waals surface area (Å²) in [4.78, 5) is 0. The second-order valence-corrected chi connectivity index (χ2v) is 4.65. The predicted molar refractivity (Wildman–Crippen MR) is 55.0 cm³/mol. The van der Waals surface area contributed by atoms with Crippen molar-refractivity contribution in [3.8, 4) is 0 Å². The molecule has 2 rings (SSSR count). The molecule has 3 N–H and O–H groups in total. The van der Waals surface area contributed by atoms with Gasteiger partial charge in [0.25, 0.3) is 0 Å². The Kier molecular flexibility index (Phi) is 2.68. The van der Waals surface area contributed by atoms with E-state index in [-0.39, 0.29) is 6.04 Å². The van der Waals surface area contributed by atoms with Gasteiger partial charge in [0.2, 0.25) is 0 Å². The van der Waals surface area contributed by atoms with Crippen molar-refractivity contribution in [2.45, 2.75) is 51.0 Å². The van der Waals surface area contributed by atoms with Gasteiger partial charge < -0.3 is 11.1 Å². The summed E-state index contributed by atoms with van der Waals surface area (Å²) in [7, 11) is 0. The third-order valence-electron chi connectivity index (χ3n) is 3.53. The first-order valence-corrected chi connectivity index (χ1v) is 5.63. The Morgan fingerprint density at radius 3 is 2.23 bits per heavy atom. The van der Waals surface area contributed by atoms with E-state index in [1.54, 1.807) is 0 Å². The molecule has 1 unspecified atom stereocenters. The van der Waals surface area contributed by atoms with Crippen molar-refractivity contribution in [1.29, 1.82) is 5.41 Å². The zero-order valence-electron chi connectivity index (χ0n) is 8.26. The molecule has 0 aromatic rings. The van der Waals surface area contributed by atoms with Crippen molar-refractivity contribution in [2.75, 3.05) is 0 Å². The van der Waals surface area contributed by atoms with Gasteiger partial charge in [-0.2, -0.15) is 0 Å². The minimum atomic E-state index is 0.0906. The molecule has 2 aliphatic carbocycles. The van der Waals surface area contributed by atoms with Gasteiger partial charge in [-0.25, -0.2) is 0 Å². The zero-order chi connectivity index (χ0) is 9.26. The van der Waals surface area contributed by atoms with Crippen LogP contribution in [0, 0.1) is 17.2 Å². The van der Waals surface area contributed by atoms with Crippen LogP contribution in [0.25, 0.3) is 0 Å². The average molecular weight is 180 g/mol. The summed E-state index contributed by atoms with van der Waals surface area (Å²) >= 11 is 0. The van der Waals surface area contributed by atoms with Gasteiger partial charge in [0.15, 0.2) is 0 Å². The Morgan fingerprint density at radius 2 is 1.69 bits per heavy atom. The van der Waals surface area contributed by atoms with Crippen LogP contribution in [-0.2, 0) is 0 Å². The Bertz CT molecular complexity index is 190. The molecule has 0 aromatic carbocycles. The number of nitrogens with two attached hydrogens (primary N) is 1. The summed E-state index contributed by atoms with van der Waals surface area (Å²) in [6, 6.07) is 0.0906. The number of hydrogen-bond acceptors (Lipinski definition) is 2. The highest BCUT2D eigenvalue weighted by Crippen LogP contribution is 2.34. The summed E-state index contributed by atoms with van der Waals surface area (Å²) in [6.07, 6.45) is 9.00. The molecule has 2 saturated carbocycles. The maximum atomic E-state index is 7.92. The molecule has 74 valence electrons. The van der Waals surface area contributed by atoms with Crippen LogP contribution in [0.15, 0.2) is 0 Å². The molecule has 0 amide bonds. The molecule has 2 nitrogen and oxygen atoms in total. The fourth-order valence-corrected chi connectivity index (χ4v) is 2.41. The van der Waals surface area contributed by atoms with E-state index in [0.717, 1.165) is 5.71 Å². The first kappa shape index (κ1) is 9.20. The van der Waals surface area contributed by atoms with Gasteiger partial charge in [-0.3, -0.25) is 0 Å². The monoisotopic (exact) mass is 180 g/mol. The van der Waals surface area contributed by atoms with Gasteiger partial charge in [-0.1, -0.05) is 19.3 Å². The molecule has 0 radical (unpaired) electrons. The Labute approximate surface area is 80.4 Å². The molecular formula is C11H20N2. The van der Waals surface area contributed by atoms with Crippen LogP contribution in [0.2, 0.25) is 0 Å². The van der Waals surface area contributed by atoms with E-state index in [4.69, 9.17) is 11.1 Å². The normalized spacial score (nSPS) is 27.2. The lowest BCUT2D eigenvalue weighted by Crippen LogP contribution is -2.39. The topological polar surface area (TPSA) is 49.9 Å². The molecule has 0 heterocycles. The van der Waals surface area contributed by atoms with Crippen molar-refractivity contribution < 1.29 is 0 Å². The molecule has 2 aliphatic rings. The van der Waals surface area contributed by atoms with E-state index < -0.39 is 0 Å². The second kappa shape index (κ2) is 3.79. The molecule has 13 heavy (non-hydrogen) atoms. The minimum Gasteiger partial charge on any atom is -0.323 e. The van der Waals surface area contributed by atoms with Gasteiger partial charge >= 0.3 is 0 Å². The maximum absolute atomic E-state index is 7.92. The number of rotatable bonds is 3. The molecule has 2 fully saturated rings. The first-order chi connectivity index (χ1) is 6.29. The van der Waals surface area contributed by atoms with Crippen LogP contribution >= 0.6 is 0 Å². The first-order valence-electron chi connectivity index (χ1n) is 5.63. The van der Waals surface area contributed by atoms with Crippen LogP contribution in [0.4, 0.5) is 0 Å². The van der Waals surface area contributed by atoms with E-state index in [1.807, 2.05) is 0 Å². The smallest absolute Gasteiger partial charge is 0.0454 e. The minimum absolute atomic E-state index is 0.0906. The largest absolute Gasteiger partial charge is 0.323 e. The average Bonchev–Trinajstić information content (AvgIpc) is 3.00. The summed E-state index contributed by atoms with van der Waals surface area (Å²) in [5.74, 6) is 1.19. The molecule has 0 aliphatic heterocycles. The van der Waals surface area contributed by atoms with Crippen molar-refractivity contribution >= 4 is 5.71 Å². The zero-order valence-corrected chi connectivity index (χ0v) is 8.26. The van der Waals surface area contributed by atoms with Crippen LogP contribution in [0.5, 0.6) is 0 Å². The highest BCUT2D eigenvalue weighted by molar-refractivity contribution is 5.90. The molecule has 1 atom stereocenters. The quantitative estimate of drug-likeness (QED) is 0.643. The van der Waals surface area contributed by atoms with Crippen molar-refractivity contribution in [1.82, 2.24) is 0 Å². The maximum Gasteiger partial charge on any atom is 0.0454 e. The van der Waals surface area contributed by atoms with E-state index in [0.29, 0.717) is 11.8 Å². The van der Waals surface area contributed by atoms with Crippen LogP contribution in [-0.4, -0.2) is 11.8 Å². The summed E-state index contributed by atoms with van der Waals surface area (Å²) in [6.45, 7) is 0. The van der Waals surface area contributed by atoms with Gasteiger partial charge in [-0.15, -0.1) is 0 Å². The SMILES string of the molecule is N=C(C1CC1)C(N)C1CCCCC1. The van der Waals surface area contributed by atoms with Gasteiger partial charge in [0.05, 0.1) is 0 Å². The highest BCUT2D eigenvalue weighted by Gasteiger charge is 2.33. The van der Waals surface area contributed by atoms with Crippen LogP contribution in [0.3, 0.4) is 0 Å². The third-order valence-corrected chi connectivity index (χ3v) is 3.53. The summed E-state index contributed by atoms with van der Waals surface area (Å²) in [5, 5.41) is 7.92. The molecule has 0 aromatic heterocycles. The van der Waals surface area contributed by atoms with Crippen molar-refractivity contribution in [3.05, 3.63) is 0 Å². The predicted octanol–water partition coefficient (Wildman–Crippen LogP) is 2.32. The molecular weight excluding hydrogens is 160 g/mol. The van der Waals surface area contributed by atoms with Gasteiger partial charge in [-0.05, 0) is 37.5 Å². The Hall–Kier alpha value is -0.370. The molecule has 2 heteroatoms.